The van der Waals surface area contributed by atoms with Gasteiger partial charge in [-0.15, -0.1) is 0 Å². The van der Waals surface area contributed by atoms with Crippen LogP contribution in [-0.2, 0) is 0 Å². The average molecular weight is 246 g/mol. The first kappa shape index (κ1) is 11.5. The average Bonchev–Trinajstić information content (AvgIpc) is 2.70. The smallest absolute Gasteiger partial charge is 0.319 e. The second-order valence-corrected chi connectivity index (χ2v) is 5.42. The second kappa shape index (κ2) is 4.98. The fourth-order valence-electron chi connectivity index (χ4n) is 3.22. The molecule has 2 fully saturated rings. The third kappa shape index (κ3) is 2.64. The fraction of sp³-hybridized carbons (Fsp3) is 0.500. The van der Waals surface area contributed by atoms with Gasteiger partial charge in [0.2, 0.25) is 0 Å². The number of benzene rings is 1. The van der Waals surface area contributed by atoms with Gasteiger partial charge in [-0.3, -0.25) is 0 Å². The summed E-state index contributed by atoms with van der Waals surface area (Å²) in [6.45, 7) is 0. The van der Waals surface area contributed by atoms with E-state index < -0.39 is 0 Å². The van der Waals surface area contributed by atoms with Crippen molar-refractivity contribution in [2.75, 3.05) is 5.32 Å². The Balaban J connectivity index is 1.52. The summed E-state index contributed by atoms with van der Waals surface area (Å²) >= 11 is 0. The first-order valence-corrected chi connectivity index (χ1v) is 6.77. The molecule has 3 rings (SSSR count). The molecule has 0 aromatic heterocycles. The van der Waals surface area contributed by atoms with Gasteiger partial charge in [-0.2, -0.15) is 0 Å². The molecule has 2 saturated heterocycles. The van der Waals surface area contributed by atoms with Crippen molar-refractivity contribution in [2.24, 2.45) is 0 Å². The number of anilines is 1. The Morgan fingerprint density at radius 1 is 1.11 bits per heavy atom. The highest BCUT2D eigenvalue weighted by Crippen LogP contribution is 2.20. The highest BCUT2D eigenvalue weighted by Gasteiger charge is 2.37. The van der Waals surface area contributed by atoms with E-state index in [9.17, 15) is 4.79 Å². The van der Waals surface area contributed by atoms with Gasteiger partial charge in [-0.05, 0) is 12.1 Å². The number of nitrogens with two attached hydrogens (primary N) is 1. The van der Waals surface area contributed by atoms with E-state index in [0.717, 1.165) is 30.6 Å². The van der Waals surface area contributed by atoms with E-state index in [1.54, 1.807) is 0 Å². The quantitative estimate of drug-likeness (QED) is 0.718. The maximum atomic E-state index is 11.9. The van der Waals surface area contributed by atoms with Gasteiger partial charge in [-0.25, -0.2) is 4.79 Å². The summed E-state index contributed by atoms with van der Waals surface area (Å²) in [5.74, 6) is 0. The molecular formula is C14H20N3O+. The molecule has 0 spiro atoms. The van der Waals surface area contributed by atoms with E-state index in [1.165, 1.54) is 12.8 Å². The summed E-state index contributed by atoms with van der Waals surface area (Å²) in [4.78, 5) is 11.9. The summed E-state index contributed by atoms with van der Waals surface area (Å²) in [5, 5.41) is 8.46. The number of quaternary nitrogens is 1. The largest absolute Gasteiger partial charge is 0.341 e. The second-order valence-electron chi connectivity index (χ2n) is 5.42. The first-order chi connectivity index (χ1) is 8.79. The number of nitrogens with one attached hydrogen (secondary N) is 2. The summed E-state index contributed by atoms with van der Waals surface area (Å²) < 4.78 is 0. The lowest BCUT2D eigenvalue weighted by atomic mass is 10.0. The van der Waals surface area contributed by atoms with Gasteiger partial charge >= 0.3 is 6.03 Å². The molecule has 2 heterocycles. The van der Waals surface area contributed by atoms with Crippen molar-refractivity contribution >= 4 is 11.7 Å². The molecule has 0 radical (unpaired) electrons. The lowest BCUT2D eigenvalue weighted by Crippen LogP contribution is -2.94. The minimum Gasteiger partial charge on any atom is -0.341 e. The Hall–Kier alpha value is -1.55. The van der Waals surface area contributed by atoms with E-state index in [-0.39, 0.29) is 6.03 Å². The van der Waals surface area contributed by atoms with E-state index in [1.807, 2.05) is 30.3 Å². The Morgan fingerprint density at radius 3 is 2.44 bits per heavy atom. The van der Waals surface area contributed by atoms with Crippen molar-refractivity contribution in [3.8, 4) is 0 Å². The molecule has 2 bridgehead atoms. The van der Waals surface area contributed by atoms with Gasteiger partial charge < -0.3 is 16.0 Å². The van der Waals surface area contributed by atoms with E-state index in [0.29, 0.717) is 6.04 Å². The van der Waals surface area contributed by atoms with Crippen LogP contribution in [0.3, 0.4) is 0 Å². The van der Waals surface area contributed by atoms with Gasteiger partial charge in [0, 0.05) is 37.4 Å². The van der Waals surface area contributed by atoms with Crippen molar-refractivity contribution in [3.63, 3.8) is 0 Å². The Kier molecular flexibility index (Phi) is 3.19. The topological polar surface area (TPSA) is 57.7 Å². The molecule has 2 amide bonds. The number of rotatable bonds is 2. The first-order valence-electron chi connectivity index (χ1n) is 6.77. The van der Waals surface area contributed by atoms with Crippen LogP contribution in [0.4, 0.5) is 10.5 Å². The maximum Gasteiger partial charge on any atom is 0.319 e. The van der Waals surface area contributed by atoms with Crippen LogP contribution in [-0.4, -0.2) is 24.2 Å². The van der Waals surface area contributed by atoms with E-state index in [4.69, 9.17) is 0 Å². The number of hydrogen-bond donors (Lipinski definition) is 3. The molecule has 1 unspecified atom stereocenters. The monoisotopic (exact) mass is 246 g/mol. The van der Waals surface area contributed by atoms with Crippen LogP contribution >= 0.6 is 0 Å². The van der Waals surface area contributed by atoms with Crippen molar-refractivity contribution in [1.82, 2.24) is 5.32 Å². The fourth-order valence-corrected chi connectivity index (χ4v) is 3.22. The number of urea groups is 1. The normalized spacial score (nSPS) is 29.9. The molecule has 4 N–H and O–H groups in total. The summed E-state index contributed by atoms with van der Waals surface area (Å²) in [6.07, 6.45) is 4.84. The van der Waals surface area contributed by atoms with Gasteiger partial charge in [0.05, 0.1) is 12.1 Å². The number of fused-ring (bicyclic) bond motifs is 2. The Labute approximate surface area is 107 Å². The van der Waals surface area contributed by atoms with Crippen molar-refractivity contribution in [1.29, 1.82) is 0 Å². The molecule has 18 heavy (non-hydrogen) atoms. The Morgan fingerprint density at radius 2 is 1.78 bits per heavy atom. The molecule has 2 aliphatic heterocycles. The van der Waals surface area contributed by atoms with Gasteiger partial charge in [-0.1, -0.05) is 18.2 Å². The molecule has 4 heteroatoms. The lowest BCUT2D eigenvalue weighted by molar-refractivity contribution is -0.710. The number of piperidine rings is 1. The summed E-state index contributed by atoms with van der Waals surface area (Å²) in [5.41, 5.74) is 0.848. The summed E-state index contributed by atoms with van der Waals surface area (Å²) in [6, 6.07) is 11.3. The molecule has 96 valence electrons. The number of hydrogen-bond acceptors (Lipinski definition) is 1. The zero-order chi connectivity index (χ0) is 12.4. The summed E-state index contributed by atoms with van der Waals surface area (Å²) in [7, 11) is 0. The number of amides is 2. The van der Waals surface area contributed by atoms with Crippen LogP contribution in [0, 0.1) is 0 Å². The molecule has 4 nitrogen and oxygen atoms in total. The Bertz CT molecular complexity index is 408. The standard InChI is InChI=1S/C14H19N3O/c18-14(16-10-4-2-1-3-5-10)17-13-8-11-6-7-12(9-13)15-11/h1-5,11-13,15H,6-9H2,(H2,16,17,18)/p+1/t11-,12+,13?. The zero-order valence-electron chi connectivity index (χ0n) is 10.4. The third-order valence-corrected chi connectivity index (χ3v) is 3.99. The molecular weight excluding hydrogens is 226 g/mol. The highest BCUT2D eigenvalue weighted by atomic mass is 16.2. The van der Waals surface area contributed by atoms with Gasteiger partial charge in [0.1, 0.15) is 0 Å². The molecule has 3 atom stereocenters. The van der Waals surface area contributed by atoms with Crippen molar-refractivity contribution in [3.05, 3.63) is 30.3 Å². The van der Waals surface area contributed by atoms with Crippen LogP contribution in [0.1, 0.15) is 25.7 Å². The number of carbonyl (C=O) groups is 1. The minimum atomic E-state index is -0.0764. The molecule has 1 aromatic carbocycles. The number of para-hydroxylation sites is 1. The van der Waals surface area contributed by atoms with Crippen LogP contribution in [0.25, 0.3) is 0 Å². The molecule has 1 aromatic rings. The van der Waals surface area contributed by atoms with Crippen molar-refractivity contribution in [2.45, 2.75) is 43.8 Å². The van der Waals surface area contributed by atoms with Crippen LogP contribution in [0.15, 0.2) is 30.3 Å². The predicted octanol–water partition coefficient (Wildman–Crippen LogP) is 1.06. The maximum absolute atomic E-state index is 11.9. The van der Waals surface area contributed by atoms with Crippen LogP contribution < -0.4 is 16.0 Å². The van der Waals surface area contributed by atoms with Crippen LogP contribution in [0.2, 0.25) is 0 Å². The van der Waals surface area contributed by atoms with Gasteiger partial charge in [0.25, 0.3) is 0 Å². The van der Waals surface area contributed by atoms with Crippen molar-refractivity contribution < 1.29 is 10.1 Å². The molecule has 0 saturated carbocycles. The minimum absolute atomic E-state index is 0.0764. The number of carbonyl (C=O) groups excluding carboxylic acids is 1. The highest BCUT2D eigenvalue weighted by molar-refractivity contribution is 5.89. The van der Waals surface area contributed by atoms with E-state index >= 15 is 0 Å². The zero-order valence-corrected chi connectivity index (χ0v) is 10.4. The van der Waals surface area contributed by atoms with E-state index in [2.05, 4.69) is 16.0 Å². The lowest BCUT2D eigenvalue weighted by Gasteiger charge is -2.27. The van der Waals surface area contributed by atoms with Gasteiger partial charge in [0.15, 0.2) is 0 Å². The molecule has 0 aliphatic carbocycles. The third-order valence-electron chi connectivity index (χ3n) is 3.99. The van der Waals surface area contributed by atoms with Crippen LogP contribution in [0.5, 0.6) is 0 Å². The SMILES string of the molecule is O=C(Nc1ccccc1)NC1C[C@H]2CC[C@@H](C1)[NH2+]2. The molecule has 2 aliphatic rings. The predicted molar refractivity (Wildman–Crippen MR) is 70.4 cm³/mol.